The Morgan fingerprint density at radius 3 is 2.88 bits per heavy atom. The number of carbonyl (C=O) groups excluding carboxylic acids is 2. The standard InChI is InChI=1S/C18H20N2O3S/c1-18(2)11-23-15-7-6-12(9-14(15)20(3)17(18)22)19-16(21)10-13-5-4-8-24-13/h4-9H,10-11H2,1-3H3,(H,19,21). The van der Waals surface area contributed by atoms with Crippen molar-refractivity contribution in [1.82, 2.24) is 0 Å². The van der Waals surface area contributed by atoms with E-state index in [1.54, 1.807) is 41.5 Å². The highest BCUT2D eigenvalue weighted by molar-refractivity contribution is 7.10. The van der Waals surface area contributed by atoms with Gasteiger partial charge in [-0.2, -0.15) is 0 Å². The summed E-state index contributed by atoms with van der Waals surface area (Å²) < 4.78 is 5.78. The lowest BCUT2D eigenvalue weighted by molar-refractivity contribution is -0.127. The van der Waals surface area contributed by atoms with Gasteiger partial charge in [-0.15, -0.1) is 11.3 Å². The van der Waals surface area contributed by atoms with E-state index >= 15 is 0 Å². The molecule has 1 N–H and O–H groups in total. The second kappa shape index (κ2) is 6.28. The van der Waals surface area contributed by atoms with Crippen LogP contribution in [0.5, 0.6) is 5.75 Å². The van der Waals surface area contributed by atoms with Crippen LogP contribution in [-0.2, 0) is 16.0 Å². The number of fused-ring (bicyclic) bond motifs is 1. The molecule has 0 unspecified atom stereocenters. The van der Waals surface area contributed by atoms with E-state index in [2.05, 4.69) is 5.32 Å². The highest BCUT2D eigenvalue weighted by Gasteiger charge is 2.36. The summed E-state index contributed by atoms with van der Waals surface area (Å²) >= 11 is 1.55. The fourth-order valence-electron chi connectivity index (χ4n) is 2.64. The van der Waals surface area contributed by atoms with Gasteiger partial charge in [-0.1, -0.05) is 6.07 Å². The second-order valence-corrected chi connectivity index (χ2v) is 7.56. The van der Waals surface area contributed by atoms with Crippen molar-refractivity contribution in [1.29, 1.82) is 0 Å². The molecule has 0 spiro atoms. The molecule has 0 atom stereocenters. The molecule has 0 radical (unpaired) electrons. The highest BCUT2D eigenvalue weighted by atomic mass is 32.1. The minimum Gasteiger partial charge on any atom is -0.490 e. The lowest BCUT2D eigenvalue weighted by Gasteiger charge is -2.24. The summed E-state index contributed by atoms with van der Waals surface area (Å²) in [5.74, 6) is 0.553. The van der Waals surface area contributed by atoms with Crippen molar-refractivity contribution in [3.8, 4) is 5.75 Å². The van der Waals surface area contributed by atoms with Gasteiger partial charge in [0.15, 0.2) is 0 Å². The van der Waals surface area contributed by atoms with Gasteiger partial charge in [0.2, 0.25) is 11.8 Å². The Kier molecular flexibility index (Phi) is 4.32. The first kappa shape index (κ1) is 16.5. The summed E-state index contributed by atoms with van der Waals surface area (Å²) in [5.41, 5.74) is 0.730. The maximum absolute atomic E-state index is 12.5. The maximum Gasteiger partial charge on any atom is 0.235 e. The normalized spacial score (nSPS) is 16.1. The molecule has 1 aliphatic rings. The molecule has 0 aliphatic carbocycles. The van der Waals surface area contributed by atoms with Gasteiger partial charge in [0.25, 0.3) is 0 Å². The molecule has 1 aromatic heterocycles. The number of nitrogens with one attached hydrogen (secondary N) is 1. The number of rotatable bonds is 3. The van der Waals surface area contributed by atoms with Gasteiger partial charge in [-0.25, -0.2) is 0 Å². The van der Waals surface area contributed by atoms with E-state index in [-0.39, 0.29) is 11.8 Å². The molecule has 0 saturated heterocycles. The number of amides is 2. The molecule has 2 heterocycles. The number of thiophene rings is 1. The molecular formula is C18H20N2O3S. The minimum atomic E-state index is -0.587. The third kappa shape index (κ3) is 3.28. The molecule has 0 bridgehead atoms. The van der Waals surface area contributed by atoms with E-state index in [0.29, 0.717) is 30.2 Å². The van der Waals surface area contributed by atoms with Gasteiger partial charge in [-0.05, 0) is 43.5 Å². The van der Waals surface area contributed by atoms with Crippen LogP contribution in [0.25, 0.3) is 0 Å². The quantitative estimate of drug-likeness (QED) is 0.929. The predicted molar refractivity (Wildman–Crippen MR) is 95.8 cm³/mol. The molecule has 2 aromatic rings. The van der Waals surface area contributed by atoms with E-state index in [1.165, 1.54) is 0 Å². The Balaban J connectivity index is 1.80. The van der Waals surface area contributed by atoms with Crippen LogP contribution in [0.2, 0.25) is 0 Å². The molecule has 2 amide bonds. The zero-order valence-electron chi connectivity index (χ0n) is 14.0. The number of hydrogen-bond donors (Lipinski definition) is 1. The average Bonchev–Trinajstić information content (AvgIpc) is 3.02. The molecule has 24 heavy (non-hydrogen) atoms. The van der Waals surface area contributed by atoms with E-state index < -0.39 is 5.41 Å². The van der Waals surface area contributed by atoms with Crippen molar-refractivity contribution in [3.05, 3.63) is 40.6 Å². The van der Waals surface area contributed by atoms with Crippen molar-refractivity contribution < 1.29 is 14.3 Å². The Bertz CT molecular complexity index is 769. The first-order valence-electron chi connectivity index (χ1n) is 7.74. The van der Waals surface area contributed by atoms with Gasteiger partial charge in [-0.3, -0.25) is 9.59 Å². The van der Waals surface area contributed by atoms with E-state index in [4.69, 9.17) is 4.74 Å². The number of carbonyl (C=O) groups is 2. The summed E-state index contributed by atoms with van der Waals surface area (Å²) in [6.07, 6.45) is 0.340. The molecule has 5 nitrogen and oxygen atoms in total. The van der Waals surface area contributed by atoms with Crippen LogP contribution in [-0.4, -0.2) is 25.5 Å². The highest BCUT2D eigenvalue weighted by Crippen LogP contribution is 2.37. The number of benzene rings is 1. The molecule has 126 valence electrons. The summed E-state index contributed by atoms with van der Waals surface area (Å²) in [6.45, 7) is 4.05. The smallest absolute Gasteiger partial charge is 0.235 e. The van der Waals surface area contributed by atoms with Crippen molar-refractivity contribution in [2.75, 3.05) is 23.9 Å². The molecular weight excluding hydrogens is 324 g/mol. The second-order valence-electron chi connectivity index (χ2n) is 6.52. The van der Waals surface area contributed by atoms with Crippen LogP contribution in [0.1, 0.15) is 18.7 Å². The molecule has 0 saturated carbocycles. The van der Waals surface area contributed by atoms with Crippen molar-refractivity contribution in [2.24, 2.45) is 5.41 Å². The Hall–Kier alpha value is -2.34. The van der Waals surface area contributed by atoms with Crippen molar-refractivity contribution in [3.63, 3.8) is 0 Å². The zero-order valence-corrected chi connectivity index (χ0v) is 14.8. The van der Waals surface area contributed by atoms with Gasteiger partial charge in [0, 0.05) is 17.6 Å². The van der Waals surface area contributed by atoms with Gasteiger partial charge < -0.3 is 15.0 Å². The summed E-state index contributed by atoms with van der Waals surface area (Å²) in [4.78, 5) is 27.3. The van der Waals surface area contributed by atoms with E-state index in [0.717, 1.165) is 4.88 Å². The Labute approximate surface area is 145 Å². The summed E-state index contributed by atoms with van der Waals surface area (Å²) in [6, 6.07) is 9.23. The van der Waals surface area contributed by atoms with Crippen LogP contribution in [0.3, 0.4) is 0 Å². The lowest BCUT2D eigenvalue weighted by Crippen LogP contribution is -2.39. The molecule has 0 fully saturated rings. The third-order valence-corrected chi connectivity index (χ3v) is 4.87. The van der Waals surface area contributed by atoms with Crippen molar-refractivity contribution in [2.45, 2.75) is 20.3 Å². The zero-order chi connectivity index (χ0) is 17.3. The molecule has 1 aromatic carbocycles. The molecule has 3 rings (SSSR count). The first-order chi connectivity index (χ1) is 11.4. The monoisotopic (exact) mass is 344 g/mol. The third-order valence-electron chi connectivity index (χ3n) is 3.99. The molecule has 1 aliphatic heterocycles. The largest absolute Gasteiger partial charge is 0.490 e. The molecule has 6 heteroatoms. The van der Waals surface area contributed by atoms with Gasteiger partial charge in [0.1, 0.15) is 12.4 Å². The van der Waals surface area contributed by atoms with Crippen LogP contribution < -0.4 is 15.0 Å². The fraction of sp³-hybridized carbons (Fsp3) is 0.333. The topological polar surface area (TPSA) is 58.6 Å². The SMILES string of the molecule is CN1C(=O)C(C)(C)COc2ccc(NC(=O)Cc3cccs3)cc21. The van der Waals surface area contributed by atoms with Crippen LogP contribution in [0.15, 0.2) is 35.7 Å². The number of anilines is 2. The van der Waals surface area contributed by atoms with Crippen molar-refractivity contribution >= 4 is 34.5 Å². The maximum atomic E-state index is 12.5. The van der Waals surface area contributed by atoms with Gasteiger partial charge in [0.05, 0.1) is 17.5 Å². The average molecular weight is 344 g/mol. The van der Waals surface area contributed by atoms with E-state index in [9.17, 15) is 9.59 Å². The van der Waals surface area contributed by atoms with E-state index in [1.807, 2.05) is 31.4 Å². The number of nitrogens with zero attached hydrogens (tertiary/aromatic N) is 1. The summed E-state index contributed by atoms with van der Waals surface area (Å²) in [7, 11) is 1.73. The Morgan fingerprint density at radius 1 is 1.38 bits per heavy atom. The summed E-state index contributed by atoms with van der Waals surface area (Å²) in [5, 5.41) is 4.83. The number of ether oxygens (including phenoxy) is 1. The number of hydrogen-bond acceptors (Lipinski definition) is 4. The first-order valence-corrected chi connectivity index (χ1v) is 8.62. The van der Waals surface area contributed by atoms with Crippen LogP contribution in [0.4, 0.5) is 11.4 Å². The predicted octanol–water partition coefficient (Wildman–Crippen LogP) is 3.31. The lowest BCUT2D eigenvalue weighted by atomic mass is 9.93. The fourth-order valence-corrected chi connectivity index (χ4v) is 3.34. The van der Waals surface area contributed by atoms with Crippen LogP contribution in [0, 0.1) is 5.41 Å². The minimum absolute atomic E-state index is 0.0108. The van der Waals surface area contributed by atoms with Crippen LogP contribution >= 0.6 is 11.3 Å². The Morgan fingerprint density at radius 2 is 2.17 bits per heavy atom. The van der Waals surface area contributed by atoms with Gasteiger partial charge >= 0.3 is 0 Å².